The van der Waals surface area contributed by atoms with E-state index < -0.39 is 10.0 Å². The van der Waals surface area contributed by atoms with Crippen molar-refractivity contribution in [2.75, 3.05) is 53.0 Å². The number of rotatable bonds is 8. The van der Waals surface area contributed by atoms with Gasteiger partial charge in [0.05, 0.1) is 26.7 Å². The third kappa shape index (κ3) is 5.11. The van der Waals surface area contributed by atoms with Gasteiger partial charge >= 0.3 is 0 Å². The van der Waals surface area contributed by atoms with Crippen LogP contribution in [0.2, 0.25) is 0 Å². The molecule has 0 unspecified atom stereocenters. The van der Waals surface area contributed by atoms with Crippen LogP contribution in [-0.4, -0.2) is 93.6 Å². The Morgan fingerprint density at radius 1 is 1.09 bits per heavy atom. The second-order valence-corrected chi connectivity index (χ2v) is 10.8. The fraction of sp³-hybridized carbons (Fsp3) is 0.696. The number of hydrogen-bond donors (Lipinski definition) is 0. The van der Waals surface area contributed by atoms with Crippen molar-refractivity contribution in [3.8, 4) is 5.75 Å². The van der Waals surface area contributed by atoms with Crippen LogP contribution in [0.15, 0.2) is 23.1 Å². The molecule has 0 aromatic heterocycles. The van der Waals surface area contributed by atoms with Gasteiger partial charge in [0, 0.05) is 38.3 Å². The highest BCUT2D eigenvalue weighted by Gasteiger charge is 2.38. The topological polar surface area (TPSA) is 79.4 Å². The maximum atomic E-state index is 13.4. The summed E-state index contributed by atoms with van der Waals surface area (Å²) in [6.07, 6.45) is 4.36. The molecule has 0 atom stereocenters. The minimum absolute atomic E-state index is 0.0994. The number of carbonyl (C=O) groups is 1. The molecular weight excluding hydrogens is 430 g/mol. The summed E-state index contributed by atoms with van der Waals surface area (Å²) in [5, 5.41) is 0. The molecular formula is C23H35N3O5S. The van der Waals surface area contributed by atoms with Gasteiger partial charge in [-0.05, 0) is 49.9 Å². The molecule has 1 saturated carbocycles. The zero-order valence-corrected chi connectivity index (χ0v) is 20.0. The molecule has 2 saturated heterocycles. The highest BCUT2D eigenvalue weighted by Crippen LogP contribution is 2.33. The minimum atomic E-state index is -3.72. The zero-order valence-electron chi connectivity index (χ0n) is 19.2. The number of hydrogen-bond acceptors (Lipinski definition) is 6. The zero-order chi connectivity index (χ0) is 22.7. The molecule has 0 bridgehead atoms. The SMILES string of the molecule is CCN1CCC(N(C(=O)Cc2ccc(OC)c(S(=O)(=O)N3CCOCC3)c2)C2CC2)CC1. The van der Waals surface area contributed by atoms with Crippen molar-refractivity contribution in [2.45, 2.75) is 56.0 Å². The summed E-state index contributed by atoms with van der Waals surface area (Å²) in [6, 6.07) is 5.71. The average Bonchev–Trinajstić information content (AvgIpc) is 3.65. The maximum Gasteiger partial charge on any atom is 0.246 e. The van der Waals surface area contributed by atoms with E-state index in [4.69, 9.17) is 9.47 Å². The summed E-state index contributed by atoms with van der Waals surface area (Å²) in [5.41, 5.74) is 0.708. The van der Waals surface area contributed by atoms with Gasteiger partial charge in [-0.1, -0.05) is 13.0 Å². The van der Waals surface area contributed by atoms with Crippen molar-refractivity contribution in [3.63, 3.8) is 0 Å². The Morgan fingerprint density at radius 2 is 1.75 bits per heavy atom. The van der Waals surface area contributed by atoms with Crippen LogP contribution in [0.1, 0.15) is 38.2 Å². The van der Waals surface area contributed by atoms with Crippen LogP contribution in [-0.2, 0) is 26.0 Å². The van der Waals surface area contributed by atoms with Gasteiger partial charge in [-0.3, -0.25) is 4.79 Å². The van der Waals surface area contributed by atoms with Gasteiger partial charge in [-0.15, -0.1) is 0 Å². The lowest BCUT2D eigenvalue weighted by Gasteiger charge is -2.38. The van der Waals surface area contributed by atoms with Crippen LogP contribution >= 0.6 is 0 Å². The van der Waals surface area contributed by atoms with Crippen LogP contribution < -0.4 is 4.74 Å². The Morgan fingerprint density at radius 3 is 2.34 bits per heavy atom. The lowest BCUT2D eigenvalue weighted by molar-refractivity contribution is -0.134. The summed E-state index contributed by atoms with van der Waals surface area (Å²) in [5.74, 6) is 0.404. The fourth-order valence-corrected chi connectivity index (χ4v) is 6.41. The summed E-state index contributed by atoms with van der Waals surface area (Å²) in [7, 11) is -2.25. The van der Waals surface area contributed by atoms with Gasteiger partial charge in [-0.2, -0.15) is 4.31 Å². The average molecular weight is 466 g/mol. The van der Waals surface area contributed by atoms with Crippen LogP contribution in [0.25, 0.3) is 0 Å². The van der Waals surface area contributed by atoms with Gasteiger partial charge < -0.3 is 19.3 Å². The van der Waals surface area contributed by atoms with Gasteiger partial charge in [-0.25, -0.2) is 8.42 Å². The Hall–Kier alpha value is -1.68. The smallest absolute Gasteiger partial charge is 0.246 e. The second kappa shape index (κ2) is 10.1. The van der Waals surface area contributed by atoms with Gasteiger partial charge in [0.15, 0.2) is 0 Å². The Balaban J connectivity index is 1.52. The highest BCUT2D eigenvalue weighted by molar-refractivity contribution is 7.89. The monoisotopic (exact) mass is 465 g/mol. The number of carbonyl (C=O) groups excluding carboxylic acids is 1. The van der Waals surface area contributed by atoms with E-state index >= 15 is 0 Å². The first-order valence-electron chi connectivity index (χ1n) is 11.7. The van der Waals surface area contributed by atoms with E-state index in [0.717, 1.165) is 45.3 Å². The molecule has 4 rings (SSSR count). The molecule has 1 amide bonds. The number of methoxy groups -OCH3 is 1. The Labute approximate surface area is 191 Å². The lowest BCUT2D eigenvalue weighted by Crippen LogP contribution is -2.48. The molecule has 178 valence electrons. The van der Waals surface area contributed by atoms with Crippen LogP contribution in [0.3, 0.4) is 0 Å². The molecule has 32 heavy (non-hydrogen) atoms. The van der Waals surface area contributed by atoms with Crippen molar-refractivity contribution >= 4 is 15.9 Å². The summed E-state index contributed by atoms with van der Waals surface area (Å²) in [6.45, 7) is 6.69. The van der Waals surface area contributed by atoms with Gasteiger partial charge in [0.25, 0.3) is 0 Å². The summed E-state index contributed by atoms with van der Waals surface area (Å²) >= 11 is 0. The molecule has 1 aliphatic carbocycles. The Kier molecular flexibility index (Phi) is 7.39. The maximum absolute atomic E-state index is 13.4. The van der Waals surface area contributed by atoms with Crippen LogP contribution in [0.5, 0.6) is 5.75 Å². The van der Waals surface area contributed by atoms with E-state index in [0.29, 0.717) is 43.7 Å². The fourth-order valence-electron chi connectivity index (χ4n) is 4.80. The summed E-state index contributed by atoms with van der Waals surface area (Å²) in [4.78, 5) is 18.0. The predicted octanol–water partition coefficient (Wildman–Crippen LogP) is 1.73. The normalized spacial score (nSPS) is 21.4. The number of nitrogens with zero attached hydrogens (tertiary/aromatic N) is 3. The molecule has 0 radical (unpaired) electrons. The number of morpholine rings is 1. The number of piperidine rings is 1. The number of benzene rings is 1. The van der Waals surface area contributed by atoms with E-state index in [1.54, 1.807) is 18.2 Å². The van der Waals surface area contributed by atoms with E-state index in [-0.39, 0.29) is 23.3 Å². The number of likely N-dealkylation sites (tertiary alicyclic amines) is 1. The molecule has 2 heterocycles. The second-order valence-electron chi connectivity index (χ2n) is 8.88. The molecule has 2 aliphatic heterocycles. The third-order valence-electron chi connectivity index (χ3n) is 6.80. The standard InChI is InChI=1S/C23H35N3O5S/c1-3-24-10-8-20(9-11-24)26(19-5-6-19)23(27)17-18-4-7-21(30-2)22(16-18)32(28,29)25-12-14-31-15-13-25/h4,7,16,19-20H,3,5-6,8-15,17H2,1-2H3. The van der Waals surface area contributed by atoms with E-state index in [1.807, 2.05) is 0 Å². The number of amides is 1. The van der Waals surface area contributed by atoms with Crippen molar-refractivity contribution in [2.24, 2.45) is 0 Å². The van der Waals surface area contributed by atoms with Crippen molar-refractivity contribution in [1.82, 2.24) is 14.1 Å². The molecule has 3 aliphatic rings. The first-order valence-corrected chi connectivity index (χ1v) is 13.2. The molecule has 1 aromatic carbocycles. The predicted molar refractivity (Wildman–Crippen MR) is 121 cm³/mol. The largest absolute Gasteiger partial charge is 0.495 e. The van der Waals surface area contributed by atoms with E-state index in [2.05, 4.69) is 16.7 Å². The Bertz CT molecular complexity index is 904. The van der Waals surface area contributed by atoms with Crippen LogP contribution in [0.4, 0.5) is 0 Å². The molecule has 3 fully saturated rings. The van der Waals surface area contributed by atoms with Crippen molar-refractivity contribution < 1.29 is 22.7 Å². The molecule has 1 aromatic rings. The molecule has 0 spiro atoms. The highest BCUT2D eigenvalue weighted by atomic mass is 32.2. The molecule has 9 heteroatoms. The van der Waals surface area contributed by atoms with Crippen LogP contribution in [0, 0.1) is 0 Å². The summed E-state index contributed by atoms with van der Waals surface area (Å²) < 4.78 is 38.6. The minimum Gasteiger partial charge on any atom is -0.495 e. The molecule has 0 N–H and O–H groups in total. The van der Waals surface area contributed by atoms with E-state index in [1.165, 1.54) is 11.4 Å². The molecule has 8 nitrogen and oxygen atoms in total. The first-order chi connectivity index (χ1) is 15.4. The van der Waals surface area contributed by atoms with Gasteiger partial charge in [0.1, 0.15) is 10.6 Å². The number of ether oxygens (including phenoxy) is 2. The van der Waals surface area contributed by atoms with Crippen molar-refractivity contribution in [3.05, 3.63) is 23.8 Å². The van der Waals surface area contributed by atoms with Gasteiger partial charge in [0.2, 0.25) is 15.9 Å². The quantitative estimate of drug-likeness (QED) is 0.582. The third-order valence-corrected chi connectivity index (χ3v) is 8.72. The van der Waals surface area contributed by atoms with Crippen molar-refractivity contribution in [1.29, 1.82) is 0 Å². The van der Waals surface area contributed by atoms with E-state index in [9.17, 15) is 13.2 Å². The number of sulfonamides is 1. The lowest BCUT2D eigenvalue weighted by atomic mass is 10.0. The first kappa shape index (κ1) is 23.5.